The Morgan fingerprint density at radius 1 is 1.35 bits per heavy atom. The summed E-state index contributed by atoms with van der Waals surface area (Å²) in [5.41, 5.74) is 1.79. The van der Waals surface area contributed by atoms with E-state index in [9.17, 15) is 4.79 Å². The number of rotatable bonds is 6. The maximum Gasteiger partial charge on any atom is 0.336 e. The van der Waals surface area contributed by atoms with Crippen LogP contribution in [0.1, 0.15) is 15.9 Å². The van der Waals surface area contributed by atoms with Crippen molar-refractivity contribution in [2.24, 2.45) is 0 Å². The van der Waals surface area contributed by atoms with E-state index < -0.39 is 5.97 Å². The number of nitrogens with one attached hydrogen (secondary N) is 1. The fourth-order valence-corrected chi connectivity index (χ4v) is 1.76. The molecule has 6 nitrogen and oxygen atoms in total. The Hall–Kier alpha value is -2.05. The number of aliphatic hydroxyl groups is 1. The molecular formula is C13H16ClN3O3. The van der Waals surface area contributed by atoms with Crippen molar-refractivity contribution in [3.63, 3.8) is 0 Å². The summed E-state index contributed by atoms with van der Waals surface area (Å²) in [6, 6.07) is 6.86. The van der Waals surface area contributed by atoms with Crippen molar-refractivity contribution in [2.75, 3.05) is 11.9 Å². The van der Waals surface area contributed by atoms with Crippen LogP contribution in [0.2, 0.25) is 0 Å². The molecule has 20 heavy (non-hydrogen) atoms. The lowest BCUT2D eigenvalue weighted by molar-refractivity contribution is 0.0696. The van der Waals surface area contributed by atoms with Crippen molar-refractivity contribution >= 4 is 24.1 Å². The Morgan fingerprint density at radius 2 is 2.10 bits per heavy atom. The molecule has 0 atom stereocenters. The van der Waals surface area contributed by atoms with E-state index in [1.807, 2.05) is 0 Å². The van der Waals surface area contributed by atoms with Crippen LogP contribution in [-0.2, 0) is 13.1 Å². The van der Waals surface area contributed by atoms with Crippen molar-refractivity contribution in [1.29, 1.82) is 0 Å². The molecule has 0 amide bonds. The van der Waals surface area contributed by atoms with Crippen LogP contribution in [0.3, 0.4) is 0 Å². The average molecular weight is 298 g/mol. The minimum absolute atomic E-state index is 0. The number of carboxylic acid groups (broad SMARTS) is 1. The molecule has 0 aliphatic heterocycles. The van der Waals surface area contributed by atoms with E-state index in [4.69, 9.17) is 10.2 Å². The second-order valence-corrected chi connectivity index (χ2v) is 4.03. The smallest absolute Gasteiger partial charge is 0.336 e. The van der Waals surface area contributed by atoms with Gasteiger partial charge >= 0.3 is 5.97 Å². The zero-order chi connectivity index (χ0) is 13.7. The zero-order valence-electron chi connectivity index (χ0n) is 10.7. The van der Waals surface area contributed by atoms with Crippen molar-refractivity contribution < 1.29 is 15.0 Å². The van der Waals surface area contributed by atoms with E-state index in [1.54, 1.807) is 41.3 Å². The van der Waals surface area contributed by atoms with Crippen LogP contribution in [0.4, 0.5) is 5.69 Å². The number of halogens is 1. The number of hydrogen-bond donors (Lipinski definition) is 3. The first-order chi connectivity index (χ1) is 9.20. The average Bonchev–Trinajstić information content (AvgIpc) is 2.85. The fourth-order valence-electron chi connectivity index (χ4n) is 1.76. The number of nitrogens with zero attached hydrogens (tertiary/aromatic N) is 2. The fraction of sp³-hybridized carbons (Fsp3) is 0.231. The largest absolute Gasteiger partial charge is 0.478 e. The third-order valence-electron chi connectivity index (χ3n) is 2.69. The van der Waals surface area contributed by atoms with Gasteiger partial charge in [0.15, 0.2) is 0 Å². The predicted octanol–water partition coefficient (Wildman–Crippen LogP) is 1.61. The number of carbonyl (C=O) groups is 1. The molecule has 1 aromatic carbocycles. The number of aromatic carboxylic acids is 1. The highest BCUT2D eigenvalue weighted by molar-refractivity contribution is 5.89. The van der Waals surface area contributed by atoms with Crippen LogP contribution in [0.25, 0.3) is 0 Å². The van der Waals surface area contributed by atoms with E-state index in [-0.39, 0.29) is 24.6 Å². The molecule has 0 aliphatic carbocycles. The second kappa shape index (κ2) is 7.52. The summed E-state index contributed by atoms with van der Waals surface area (Å²) in [5.74, 6) is -0.937. The Kier molecular flexibility index (Phi) is 6.02. The summed E-state index contributed by atoms with van der Waals surface area (Å²) in [7, 11) is 0. The van der Waals surface area contributed by atoms with Gasteiger partial charge in [-0.05, 0) is 11.6 Å². The molecule has 0 fully saturated rings. The number of aromatic nitrogens is 2. The van der Waals surface area contributed by atoms with E-state index >= 15 is 0 Å². The first-order valence-corrected chi connectivity index (χ1v) is 5.89. The predicted molar refractivity (Wildman–Crippen MR) is 77.3 cm³/mol. The molecule has 0 spiro atoms. The normalized spacial score (nSPS) is 9.85. The standard InChI is InChI=1S/C13H15N3O3.ClH/c17-6-5-16-9-11(8-15-16)14-7-10-3-1-2-4-12(10)13(18)19;/h1-4,8-9,14,17H,5-7H2,(H,18,19);1H. The first-order valence-electron chi connectivity index (χ1n) is 5.89. The van der Waals surface area contributed by atoms with E-state index in [1.165, 1.54) is 0 Å². The Labute approximate surface area is 122 Å². The number of hydrogen-bond acceptors (Lipinski definition) is 4. The third kappa shape index (κ3) is 3.97. The number of anilines is 1. The molecule has 0 radical (unpaired) electrons. The lowest BCUT2D eigenvalue weighted by atomic mass is 10.1. The lowest BCUT2D eigenvalue weighted by Gasteiger charge is -2.07. The molecule has 108 valence electrons. The van der Waals surface area contributed by atoms with Gasteiger partial charge in [0.05, 0.1) is 30.6 Å². The molecular weight excluding hydrogens is 282 g/mol. The third-order valence-corrected chi connectivity index (χ3v) is 2.69. The van der Waals surface area contributed by atoms with Crippen molar-refractivity contribution in [3.05, 3.63) is 47.8 Å². The number of benzene rings is 1. The SMILES string of the molecule is Cl.O=C(O)c1ccccc1CNc1cnn(CCO)c1. The van der Waals surface area contributed by atoms with Crippen LogP contribution in [-0.4, -0.2) is 32.6 Å². The van der Waals surface area contributed by atoms with Crippen LogP contribution in [0.15, 0.2) is 36.7 Å². The first kappa shape index (κ1) is 16.0. The molecule has 0 saturated heterocycles. The van der Waals surface area contributed by atoms with Gasteiger partial charge in [-0.1, -0.05) is 18.2 Å². The van der Waals surface area contributed by atoms with Crippen LogP contribution in [0.5, 0.6) is 0 Å². The molecule has 0 saturated carbocycles. The summed E-state index contributed by atoms with van der Waals surface area (Å²) < 4.78 is 1.62. The maximum atomic E-state index is 11.1. The van der Waals surface area contributed by atoms with E-state index in [0.29, 0.717) is 18.7 Å². The van der Waals surface area contributed by atoms with Crippen molar-refractivity contribution in [1.82, 2.24) is 9.78 Å². The molecule has 0 bridgehead atoms. The van der Waals surface area contributed by atoms with Gasteiger partial charge in [-0.2, -0.15) is 5.10 Å². The highest BCUT2D eigenvalue weighted by Gasteiger charge is 2.08. The van der Waals surface area contributed by atoms with Crippen molar-refractivity contribution in [2.45, 2.75) is 13.1 Å². The van der Waals surface area contributed by atoms with Gasteiger partial charge in [-0.3, -0.25) is 4.68 Å². The molecule has 1 heterocycles. The minimum atomic E-state index is -0.937. The monoisotopic (exact) mass is 297 g/mol. The summed E-state index contributed by atoms with van der Waals surface area (Å²) in [5, 5.41) is 25.0. The second-order valence-electron chi connectivity index (χ2n) is 4.03. The number of carboxylic acids is 1. The van der Waals surface area contributed by atoms with Gasteiger partial charge in [-0.25, -0.2) is 4.79 Å². The Morgan fingerprint density at radius 3 is 2.80 bits per heavy atom. The number of aliphatic hydroxyl groups excluding tert-OH is 1. The molecule has 2 aromatic rings. The van der Waals surface area contributed by atoms with Gasteiger partial charge < -0.3 is 15.5 Å². The van der Waals surface area contributed by atoms with Gasteiger partial charge in [0, 0.05) is 12.7 Å². The van der Waals surface area contributed by atoms with Gasteiger partial charge in [0.1, 0.15) is 0 Å². The van der Waals surface area contributed by atoms with Crippen molar-refractivity contribution in [3.8, 4) is 0 Å². The summed E-state index contributed by atoms with van der Waals surface area (Å²) in [6.45, 7) is 0.879. The van der Waals surface area contributed by atoms with Gasteiger partial charge in [-0.15, -0.1) is 12.4 Å². The summed E-state index contributed by atoms with van der Waals surface area (Å²) in [4.78, 5) is 11.1. The molecule has 0 aliphatic rings. The maximum absolute atomic E-state index is 11.1. The van der Waals surface area contributed by atoms with Crippen LogP contribution in [0, 0.1) is 0 Å². The van der Waals surface area contributed by atoms with Crippen LogP contribution >= 0.6 is 12.4 Å². The minimum Gasteiger partial charge on any atom is -0.478 e. The highest BCUT2D eigenvalue weighted by atomic mass is 35.5. The molecule has 0 unspecified atom stereocenters. The van der Waals surface area contributed by atoms with Gasteiger partial charge in [0.25, 0.3) is 0 Å². The lowest BCUT2D eigenvalue weighted by Crippen LogP contribution is -2.06. The summed E-state index contributed by atoms with van der Waals surface area (Å²) in [6.07, 6.45) is 3.40. The topological polar surface area (TPSA) is 87.4 Å². The van der Waals surface area contributed by atoms with E-state index in [0.717, 1.165) is 5.69 Å². The zero-order valence-corrected chi connectivity index (χ0v) is 11.5. The highest BCUT2D eigenvalue weighted by Crippen LogP contribution is 2.12. The molecule has 1 aromatic heterocycles. The molecule has 2 rings (SSSR count). The summed E-state index contributed by atoms with van der Waals surface area (Å²) >= 11 is 0. The Balaban J connectivity index is 0.00000200. The molecule has 3 N–H and O–H groups in total. The molecule has 7 heteroatoms. The van der Waals surface area contributed by atoms with Gasteiger partial charge in [0.2, 0.25) is 0 Å². The van der Waals surface area contributed by atoms with Crippen LogP contribution < -0.4 is 5.32 Å². The van der Waals surface area contributed by atoms with E-state index in [2.05, 4.69) is 10.4 Å². The quantitative estimate of drug-likeness (QED) is 0.754. The Bertz CT molecular complexity index is 571.